The zero-order valence-electron chi connectivity index (χ0n) is 3.39. The van der Waals surface area contributed by atoms with Crippen LogP contribution in [0.5, 0.6) is 0 Å². The molecule has 0 aliphatic carbocycles. The molecular formula is C2H4BrClO2S. The van der Waals surface area contributed by atoms with Gasteiger partial charge >= 0.3 is 0 Å². The average Bonchev–Trinajstić information content (AvgIpc) is 1.61. The monoisotopic (exact) mass is 206 g/mol. The van der Waals surface area contributed by atoms with E-state index in [9.17, 15) is 4.21 Å². The van der Waals surface area contributed by atoms with E-state index in [0.717, 1.165) is 0 Å². The maximum Gasteiger partial charge on any atom is 0.227 e. The van der Waals surface area contributed by atoms with E-state index in [-0.39, 0.29) is 0 Å². The average molecular weight is 207 g/mol. The van der Waals surface area contributed by atoms with Gasteiger partial charge in [0.1, 0.15) is 0 Å². The predicted molar refractivity (Wildman–Crippen MR) is 33.7 cm³/mol. The maximum absolute atomic E-state index is 9.95. The Bertz CT molecular complexity index is 68.7. The first-order chi connectivity index (χ1) is 3.27. The summed E-state index contributed by atoms with van der Waals surface area (Å²) < 4.78 is 14.4. The summed E-state index contributed by atoms with van der Waals surface area (Å²) in [6, 6.07) is 0. The number of rotatable bonds is 3. The van der Waals surface area contributed by atoms with E-state index in [0.29, 0.717) is 12.5 Å². The Kier molecular flexibility index (Phi) is 5.66. The van der Waals surface area contributed by atoms with Gasteiger partial charge in [0.05, 0.1) is 21.4 Å². The number of hydrogen-bond acceptors (Lipinski definition) is 2. The van der Waals surface area contributed by atoms with E-state index in [2.05, 4.69) is 19.0 Å². The molecule has 0 rings (SSSR count). The summed E-state index contributed by atoms with van der Waals surface area (Å²) in [6.07, 6.45) is 0. The first-order valence-electron chi connectivity index (χ1n) is 1.54. The molecule has 0 radical (unpaired) electrons. The van der Waals surface area contributed by atoms with Crippen LogP contribution in [0.15, 0.2) is 0 Å². The highest BCUT2D eigenvalue weighted by atomic mass is 79.9. The van der Waals surface area contributed by atoms with E-state index in [4.69, 9.17) is 11.6 Å². The molecule has 0 aliphatic rings. The van der Waals surface area contributed by atoms with Crippen molar-refractivity contribution in [3.05, 3.63) is 0 Å². The van der Waals surface area contributed by atoms with Crippen LogP contribution in [0, 0.1) is 0 Å². The van der Waals surface area contributed by atoms with Crippen molar-refractivity contribution in [1.82, 2.24) is 0 Å². The molecule has 5 heteroatoms. The highest BCUT2D eigenvalue weighted by molar-refractivity contribution is 9.45. The van der Waals surface area contributed by atoms with Crippen molar-refractivity contribution in [1.29, 1.82) is 0 Å². The Labute approximate surface area is 57.0 Å². The molecule has 1 atom stereocenters. The lowest BCUT2D eigenvalue weighted by molar-refractivity contribution is 0.384. The van der Waals surface area contributed by atoms with Crippen LogP contribution in [0.1, 0.15) is 0 Å². The predicted octanol–water partition coefficient (Wildman–Crippen LogP) is 1.22. The Balaban J connectivity index is 2.82. The van der Waals surface area contributed by atoms with Gasteiger partial charge in [-0.05, 0) is 0 Å². The summed E-state index contributed by atoms with van der Waals surface area (Å²) >= 11 is 7.83. The normalized spacial score (nSPS) is 14.0. The molecule has 1 unspecified atom stereocenters. The van der Waals surface area contributed by atoms with Gasteiger partial charge in [-0.25, -0.2) is 4.21 Å². The standard InChI is InChI=1S/C2H4BrClO2S/c3-7(5)6-2-1-4/h1-2H2. The van der Waals surface area contributed by atoms with E-state index in [1.807, 2.05) is 0 Å². The fourth-order valence-corrected chi connectivity index (χ4v) is 0.877. The first-order valence-corrected chi connectivity index (χ1v) is 5.00. The summed E-state index contributed by atoms with van der Waals surface area (Å²) in [5.74, 6) is 0.372. The molecule has 0 spiro atoms. The van der Waals surface area contributed by atoms with Gasteiger partial charge in [0.2, 0.25) is 9.51 Å². The largest absolute Gasteiger partial charge is 0.281 e. The molecule has 0 amide bonds. The SMILES string of the molecule is O=S(Br)OCCCl. The minimum Gasteiger partial charge on any atom is -0.281 e. The van der Waals surface area contributed by atoms with Gasteiger partial charge in [0.15, 0.2) is 0 Å². The van der Waals surface area contributed by atoms with Crippen LogP contribution in [0.3, 0.4) is 0 Å². The molecule has 0 aromatic carbocycles. The van der Waals surface area contributed by atoms with E-state index < -0.39 is 9.51 Å². The number of alkyl halides is 1. The third-order valence-electron chi connectivity index (χ3n) is 0.253. The Hall–Kier alpha value is 0.880. The van der Waals surface area contributed by atoms with Gasteiger partial charge in [-0.1, -0.05) is 0 Å². The lowest BCUT2D eigenvalue weighted by atomic mass is 10.9. The molecule has 44 valence electrons. The van der Waals surface area contributed by atoms with Crippen molar-refractivity contribution in [2.45, 2.75) is 0 Å². The minimum atomic E-state index is -1.34. The van der Waals surface area contributed by atoms with E-state index >= 15 is 0 Å². The summed E-state index contributed by atoms with van der Waals surface area (Å²) in [6.45, 7) is 0.319. The summed E-state index contributed by atoms with van der Waals surface area (Å²) in [7, 11) is -1.34. The first kappa shape index (κ1) is 7.88. The van der Waals surface area contributed by atoms with Crippen LogP contribution < -0.4 is 0 Å². The van der Waals surface area contributed by atoms with E-state index in [1.54, 1.807) is 0 Å². The molecule has 0 aliphatic heterocycles. The van der Waals surface area contributed by atoms with Gasteiger partial charge in [0.25, 0.3) is 0 Å². The van der Waals surface area contributed by atoms with Crippen LogP contribution in [-0.2, 0) is 13.7 Å². The van der Waals surface area contributed by atoms with Gasteiger partial charge in [-0.2, -0.15) is 0 Å². The van der Waals surface area contributed by atoms with Crippen molar-refractivity contribution in [3.8, 4) is 0 Å². The smallest absolute Gasteiger partial charge is 0.227 e. The van der Waals surface area contributed by atoms with Crippen molar-refractivity contribution in [2.75, 3.05) is 12.5 Å². The third-order valence-corrected chi connectivity index (χ3v) is 1.32. The molecule has 2 nitrogen and oxygen atoms in total. The van der Waals surface area contributed by atoms with Crippen LogP contribution in [-0.4, -0.2) is 16.7 Å². The Morgan fingerprint density at radius 3 is 2.57 bits per heavy atom. The lowest BCUT2D eigenvalue weighted by Crippen LogP contribution is -1.92. The quantitative estimate of drug-likeness (QED) is 0.514. The van der Waals surface area contributed by atoms with Crippen LogP contribution in [0.25, 0.3) is 0 Å². The van der Waals surface area contributed by atoms with Gasteiger partial charge in [0, 0.05) is 5.88 Å². The fraction of sp³-hybridized carbons (Fsp3) is 1.00. The number of halogens is 2. The zero-order valence-corrected chi connectivity index (χ0v) is 6.55. The third kappa shape index (κ3) is 6.88. The molecule has 0 saturated carbocycles. The molecule has 0 fully saturated rings. The second kappa shape index (κ2) is 5.03. The Morgan fingerprint density at radius 2 is 2.43 bits per heavy atom. The van der Waals surface area contributed by atoms with Gasteiger partial charge in [-0.3, -0.25) is 4.18 Å². The van der Waals surface area contributed by atoms with Crippen molar-refractivity contribution >= 4 is 35.9 Å². The van der Waals surface area contributed by atoms with Gasteiger partial charge in [-0.15, -0.1) is 11.6 Å². The molecule has 0 saturated heterocycles. The molecule has 0 aromatic heterocycles. The van der Waals surface area contributed by atoms with Crippen molar-refractivity contribution in [2.24, 2.45) is 0 Å². The molecule has 0 heterocycles. The zero-order chi connectivity index (χ0) is 5.70. The summed E-state index contributed by atoms with van der Waals surface area (Å²) in [5.41, 5.74) is 0. The maximum atomic E-state index is 9.95. The minimum absolute atomic E-state index is 0.319. The van der Waals surface area contributed by atoms with Crippen LogP contribution in [0.4, 0.5) is 0 Å². The van der Waals surface area contributed by atoms with Gasteiger partial charge < -0.3 is 0 Å². The molecule has 7 heavy (non-hydrogen) atoms. The molecule has 0 bridgehead atoms. The topological polar surface area (TPSA) is 26.3 Å². The fourth-order valence-electron chi connectivity index (χ4n) is 0.0970. The summed E-state index contributed by atoms with van der Waals surface area (Å²) in [5, 5.41) is 0. The van der Waals surface area contributed by atoms with Crippen LogP contribution in [0.2, 0.25) is 0 Å². The number of hydrogen-bond donors (Lipinski definition) is 0. The Morgan fingerprint density at radius 1 is 1.86 bits per heavy atom. The molecular weight excluding hydrogens is 203 g/mol. The highest BCUT2D eigenvalue weighted by Gasteiger charge is 1.87. The molecule has 0 N–H and O–H groups in total. The van der Waals surface area contributed by atoms with E-state index in [1.165, 1.54) is 0 Å². The molecule has 0 aromatic rings. The second-order valence-electron chi connectivity index (χ2n) is 0.705. The highest BCUT2D eigenvalue weighted by Crippen LogP contribution is 1.93. The summed E-state index contributed by atoms with van der Waals surface area (Å²) in [4.78, 5) is 0. The van der Waals surface area contributed by atoms with Crippen molar-refractivity contribution < 1.29 is 8.39 Å². The second-order valence-corrected chi connectivity index (χ2v) is 3.29. The van der Waals surface area contributed by atoms with Crippen LogP contribution >= 0.6 is 26.4 Å². The lowest BCUT2D eigenvalue weighted by Gasteiger charge is -1.88. The van der Waals surface area contributed by atoms with Crippen molar-refractivity contribution in [3.63, 3.8) is 0 Å².